The minimum absolute atomic E-state index is 0.678. The maximum atomic E-state index is 5.87. The lowest BCUT2D eigenvalue weighted by atomic mass is 10.1. The van der Waals surface area contributed by atoms with Gasteiger partial charge in [-0.2, -0.15) is 0 Å². The topological polar surface area (TPSA) is 37.8 Å². The van der Waals surface area contributed by atoms with Crippen molar-refractivity contribution in [1.29, 1.82) is 0 Å². The van der Waals surface area contributed by atoms with Crippen molar-refractivity contribution in [2.24, 2.45) is 0 Å². The molecule has 3 rings (SSSR count). The van der Waals surface area contributed by atoms with Gasteiger partial charge in [-0.25, -0.2) is 9.97 Å². The lowest BCUT2D eigenvalue weighted by Crippen LogP contribution is -1.98. The molecule has 0 aliphatic rings. The molecule has 20 heavy (non-hydrogen) atoms. The molecule has 0 saturated heterocycles. The number of benzene rings is 1. The van der Waals surface area contributed by atoms with E-state index in [4.69, 9.17) is 11.6 Å². The van der Waals surface area contributed by atoms with E-state index in [2.05, 4.69) is 32.8 Å². The third kappa shape index (κ3) is 3.17. The van der Waals surface area contributed by atoms with E-state index in [9.17, 15) is 0 Å². The number of nitrogens with zero attached hydrogens (tertiary/aromatic N) is 2. The summed E-state index contributed by atoms with van der Waals surface area (Å²) in [6.45, 7) is 2.69. The predicted octanol–water partition coefficient (Wildman–Crippen LogP) is 4.84. The molecule has 2 heterocycles. The van der Waals surface area contributed by atoms with E-state index in [1.165, 1.54) is 11.3 Å². The van der Waals surface area contributed by atoms with Gasteiger partial charge in [0.05, 0.1) is 23.4 Å². The van der Waals surface area contributed by atoms with Crippen LogP contribution >= 0.6 is 34.3 Å². The second-order valence-electron chi connectivity index (χ2n) is 4.24. The maximum absolute atomic E-state index is 5.87. The molecule has 0 aliphatic heterocycles. The fourth-order valence-electron chi connectivity index (χ4n) is 1.83. The number of thiazole rings is 2. The van der Waals surface area contributed by atoms with Crippen LogP contribution in [0, 0.1) is 6.92 Å². The summed E-state index contributed by atoms with van der Waals surface area (Å²) in [5.74, 6) is 0. The summed E-state index contributed by atoms with van der Waals surface area (Å²) < 4.78 is 0.716. The quantitative estimate of drug-likeness (QED) is 0.747. The van der Waals surface area contributed by atoms with Gasteiger partial charge in [0.2, 0.25) is 0 Å². The minimum atomic E-state index is 0.678. The third-order valence-electron chi connectivity index (χ3n) is 2.75. The van der Waals surface area contributed by atoms with Crippen molar-refractivity contribution >= 4 is 40.0 Å². The minimum Gasteiger partial charge on any atom is -0.379 e. The summed E-state index contributed by atoms with van der Waals surface area (Å²) in [7, 11) is 0. The van der Waals surface area contributed by atoms with E-state index < -0.39 is 0 Å². The number of aromatic nitrogens is 2. The lowest BCUT2D eigenvalue weighted by molar-refractivity contribution is 1.10. The third-order valence-corrected chi connectivity index (χ3v) is 4.63. The molecule has 2 aromatic heterocycles. The first-order valence-corrected chi connectivity index (χ1v) is 8.15. The molecule has 0 unspecified atom stereocenters. The van der Waals surface area contributed by atoms with Crippen LogP contribution in [0.5, 0.6) is 0 Å². The number of halogens is 1. The first kappa shape index (κ1) is 13.5. The lowest BCUT2D eigenvalue weighted by Gasteiger charge is -2.05. The van der Waals surface area contributed by atoms with Crippen LogP contribution in [0.1, 0.15) is 10.0 Å². The molecule has 0 fully saturated rings. The Labute approximate surface area is 130 Å². The second kappa shape index (κ2) is 5.91. The normalized spacial score (nSPS) is 10.7. The van der Waals surface area contributed by atoms with E-state index in [0.717, 1.165) is 27.0 Å². The Hall–Kier alpha value is -1.43. The standard InChI is InChI=1S/C14H12ClN3S2/c1-9-18-12(8-19-9)10-3-2-4-11(5-10)16-7-14-17-6-13(15)20-14/h2-6,8,16H,7H2,1H3. The van der Waals surface area contributed by atoms with E-state index >= 15 is 0 Å². The number of aryl methyl sites for hydroxylation is 1. The SMILES string of the molecule is Cc1nc(-c2cccc(NCc3ncc(Cl)s3)c2)cs1. The van der Waals surface area contributed by atoms with Gasteiger partial charge >= 0.3 is 0 Å². The van der Waals surface area contributed by atoms with Crippen molar-refractivity contribution in [3.63, 3.8) is 0 Å². The summed E-state index contributed by atoms with van der Waals surface area (Å²) in [4.78, 5) is 8.73. The molecule has 1 aromatic carbocycles. The molecule has 0 aliphatic carbocycles. The van der Waals surface area contributed by atoms with Crippen LogP contribution < -0.4 is 5.32 Å². The van der Waals surface area contributed by atoms with Gasteiger partial charge in [-0.15, -0.1) is 22.7 Å². The Bertz CT molecular complexity index is 721. The molecule has 0 atom stereocenters. The van der Waals surface area contributed by atoms with E-state index in [1.54, 1.807) is 17.5 Å². The van der Waals surface area contributed by atoms with E-state index in [-0.39, 0.29) is 0 Å². The van der Waals surface area contributed by atoms with Crippen molar-refractivity contribution in [3.8, 4) is 11.3 Å². The summed E-state index contributed by atoms with van der Waals surface area (Å²) in [6.07, 6.45) is 1.68. The summed E-state index contributed by atoms with van der Waals surface area (Å²) in [6, 6.07) is 8.24. The van der Waals surface area contributed by atoms with E-state index in [1.807, 2.05) is 19.1 Å². The van der Waals surface area contributed by atoms with Gasteiger partial charge in [-0.05, 0) is 19.1 Å². The highest BCUT2D eigenvalue weighted by atomic mass is 35.5. The highest BCUT2D eigenvalue weighted by molar-refractivity contribution is 7.15. The monoisotopic (exact) mass is 321 g/mol. The zero-order valence-electron chi connectivity index (χ0n) is 10.8. The average Bonchev–Trinajstić information content (AvgIpc) is 3.06. The first-order chi connectivity index (χ1) is 9.70. The van der Waals surface area contributed by atoms with Gasteiger partial charge < -0.3 is 5.32 Å². The Morgan fingerprint density at radius 3 is 2.95 bits per heavy atom. The number of anilines is 1. The molecule has 0 radical (unpaired) electrons. The molecular formula is C14H12ClN3S2. The molecule has 3 nitrogen and oxygen atoms in total. The smallest absolute Gasteiger partial charge is 0.113 e. The number of nitrogens with one attached hydrogen (secondary N) is 1. The molecule has 6 heteroatoms. The highest BCUT2D eigenvalue weighted by Gasteiger charge is 2.04. The van der Waals surface area contributed by atoms with Crippen LogP contribution in [-0.4, -0.2) is 9.97 Å². The molecule has 0 bridgehead atoms. The number of hydrogen-bond acceptors (Lipinski definition) is 5. The van der Waals surface area contributed by atoms with Gasteiger partial charge in [0.15, 0.2) is 0 Å². The van der Waals surface area contributed by atoms with Crippen molar-refractivity contribution in [2.75, 3.05) is 5.32 Å². The van der Waals surface area contributed by atoms with Crippen molar-refractivity contribution in [2.45, 2.75) is 13.5 Å². The van der Waals surface area contributed by atoms with Gasteiger partial charge in [-0.1, -0.05) is 23.7 Å². The van der Waals surface area contributed by atoms with Crippen LogP contribution in [0.2, 0.25) is 4.34 Å². The molecule has 0 saturated carbocycles. The number of rotatable bonds is 4. The van der Waals surface area contributed by atoms with E-state index in [0.29, 0.717) is 10.9 Å². The van der Waals surface area contributed by atoms with Crippen LogP contribution in [0.25, 0.3) is 11.3 Å². The maximum Gasteiger partial charge on any atom is 0.113 e. The molecular weight excluding hydrogens is 310 g/mol. The summed E-state index contributed by atoms with van der Waals surface area (Å²) >= 11 is 9.03. The Balaban J connectivity index is 1.74. The molecule has 0 amide bonds. The van der Waals surface area contributed by atoms with Gasteiger partial charge in [0.25, 0.3) is 0 Å². The number of hydrogen-bond donors (Lipinski definition) is 1. The van der Waals surface area contributed by atoms with Crippen LogP contribution in [-0.2, 0) is 6.54 Å². The Morgan fingerprint density at radius 2 is 2.25 bits per heavy atom. The average molecular weight is 322 g/mol. The molecule has 1 N–H and O–H groups in total. The van der Waals surface area contributed by atoms with Gasteiger partial charge in [0, 0.05) is 16.6 Å². The molecule has 3 aromatic rings. The van der Waals surface area contributed by atoms with Crippen molar-refractivity contribution in [3.05, 3.63) is 50.2 Å². The van der Waals surface area contributed by atoms with Crippen LogP contribution in [0.15, 0.2) is 35.8 Å². The second-order valence-corrected chi connectivity index (χ2v) is 7.05. The van der Waals surface area contributed by atoms with Gasteiger partial charge in [-0.3, -0.25) is 0 Å². The largest absolute Gasteiger partial charge is 0.379 e. The Morgan fingerprint density at radius 1 is 1.35 bits per heavy atom. The van der Waals surface area contributed by atoms with Crippen LogP contribution in [0.3, 0.4) is 0 Å². The Kier molecular flexibility index (Phi) is 4.00. The summed E-state index contributed by atoms with van der Waals surface area (Å²) in [5.41, 5.74) is 3.20. The first-order valence-electron chi connectivity index (χ1n) is 6.07. The van der Waals surface area contributed by atoms with Crippen molar-refractivity contribution in [1.82, 2.24) is 9.97 Å². The van der Waals surface area contributed by atoms with Crippen LogP contribution in [0.4, 0.5) is 5.69 Å². The fraction of sp³-hybridized carbons (Fsp3) is 0.143. The van der Waals surface area contributed by atoms with Gasteiger partial charge in [0.1, 0.15) is 9.34 Å². The fourth-order valence-corrected chi connectivity index (χ4v) is 3.35. The zero-order chi connectivity index (χ0) is 13.9. The zero-order valence-corrected chi connectivity index (χ0v) is 13.1. The highest BCUT2D eigenvalue weighted by Crippen LogP contribution is 2.25. The molecule has 0 spiro atoms. The van der Waals surface area contributed by atoms with Crippen molar-refractivity contribution < 1.29 is 0 Å². The summed E-state index contributed by atoms with van der Waals surface area (Å²) in [5, 5.41) is 7.49. The predicted molar refractivity (Wildman–Crippen MR) is 86.7 cm³/mol. The molecule has 102 valence electrons.